The molecule has 6 heteroatoms. The zero-order chi connectivity index (χ0) is 50.7. The summed E-state index contributed by atoms with van der Waals surface area (Å²) in [6.45, 7) is 4.93. The number of ether oxygens (including phenoxy) is 1. The Balaban J connectivity index is 3.42. The molecule has 0 aliphatic carbocycles. The lowest BCUT2D eigenvalue weighted by Gasteiger charge is -2.20. The molecule has 0 radical (unpaired) electrons. The molecule has 1 amide bonds. The van der Waals surface area contributed by atoms with E-state index in [0.717, 1.165) is 44.9 Å². The number of carbonyl (C=O) groups is 2. The van der Waals surface area contributed by atoms with Crippen LogP contribution in [0.2, 0.25) is 0 Å². The summed E-state index contributed by atoms with van der Waals surface area (Å²) in [5.41, 5.74) is 0. The van der Waals surface area contributed by atoms with Gasteiger partial charge in [0.15, 0.2) is 0 Å². The fourth-order valence-electron chi connectivity index (χ4n) is 10.2. The smallest absolute Gasteiger partial charge is 0.305 e. The van der Waals surface area contributed by atoms with Gasteiger partial charge in [0.05, 0.1) is 25.4 Å². The van der Waals surface area contributed by atoms with Crippen molar-refractivity contribution < 1.29 is 24.5 Å². The number of allylic oxidation sites excluding steroid dienone is 1. The normalized spacial score (nSPS) is 12.6. The van der Waals surface area contributed by atoms with E-state index in [1.165, 1.54) is 289 Å². The van der Waals surface area contributed by atoms with Gasteiger partial charge in [0.25, 0.3) is 0 Å². The third-order valence-electron chi connectivity index (χ3n) is 15.1. The Morgan fingerprint density at radius 2 is 0.657 bits per heavy atom. The summed E-state index contributed by atoms with van der Waals surface area (Å²) in [6.07, 6.45) is 72.5. The average Bonchev–Trinajstić information content (AvgIpc) is 3.36. The van der Waals surface area contributed by atoms with Gasteiger partial charge in [-0.25, -0.2) is 0 Å². The summed E-state index contributed by atoms with van der Waals surface area (Å²) < 4.78 is 5.50. The lowest BCUT2D eigenvalue weighted by Crippen LogP contribution is -2.45. The molecule has 0 saturated carbocycles. The number of hydrogen-bond donors (Lipinski definition) is 3. The van der Waals surface area contributed by atoms with Crippen LogP contribution >= 0.6 is 0 Å². The molecule has 416 valence electrons. The number of unbranched alkanes of at least 4 members (excludes halogenated alkanes) is 49. The first-order valence-corrected chi connectivity index (χ1v) is 32.0. The molecular weight excluding hydrogens is 863 g/mol. The largest absolute Gasteiger partial charge is 0.466 e. The second-order valence-electron chi connectivity index (χ2n) is 22.1. The SMILES string of the molecule is CCCCCCCCCCCCCCCCCCC/C=C/C(O)C(CO)NC(=O)CCCCCCCCCCCCCCCCCCOC(=O)CCCCCCCCCCCCCCCCCCCC. The molecule has 0 aliphatic rings. The molecule has 0 aromatic rings. The van der Waals surface area contributed by atoms with Gasteiger partial charge in [-0.05, 0) is 32.1 Å². The number of esters is 1. The second kappa shape index (κ2) is 60.2. The number of carbonyl (C=O) groups excluding carboxylic acids is 2. The van der Waals surface area contributed by atoms with E-state index in [-0.39, 0.29) is 18.5 Å². The van der Waals surface area contributed by atoms with Crippen molar-refractivity contribution >= 4 is 11.9 Å². The van der Waals surface area contributed by atoms with Crippen LogP contribution in [-0.2, 0) is 14.3 Å². The molecule has 0 rings (SSSR count). The van der Waals surface area contributed by atoms with Crippen LogP contribution in [0.3, 0.4) is 0 Å². The first-order valence-electron chi connectivity index (χ1n) is 32.0. The van der Waals surface area contributed by atoms with Gasteiger partial charge < -0.3 is 20.3 Å². The number of aliphatic hydroxyl groups is 2. The van der Waals surface area contributed by atoms with Gasteiger partial charge in [-0.3, -0.25) is 9.59 Å². The molecule has 3 N–H and O–H groups in total. The Bertz CT molecular complexity index is 1050. The Hall–Kier alpha value is -1.40. The lowest BCUT2D eigenvalue weighted by atomic mass is 10.0. The minimum Gasteiger partial charge on any atom is -0.466 e. The van der Waals surface area contributed by atoms with E-state index in [0.29, 0.717) is 19.4 Å². The molecule has 0 saturated heterocycles. The summed E-state index contributed by atoms with van der Waals surface area (Å²) >= 11 is 0. The van der Waals surface area contributed by atoms with Crippen molar-refractivity contribution in [3.8, 4) is 0 Å². The quantitative estimate of drug-likeness (QED) is 0.0321. The Morgan fingerprint density at radius 3 is 0.971 bits per heavy atom. The lowest BCUT2D eigenvalue weighted by molar-refractivity contribution is -0.143. The van der Waals surface area contributed by atoms with Crippen LogP contribution in [0.25, 0.3) is 0 Å². The highest BCUT2D eigenvalue weighted by Gasteiger charge is 2.18. The van der Waals surface area contributed by atoms with E-state index in [1.54, 1.807) is 6.08 Å². The number of amides is 1. The third kappa shape index (κ3) is 55.9. The summed E-state index contributed by atoms with van der Waals surface area (Å²) in [5.74, 6) is -0.0634. The van der Waals surface area contributed by atoms with Gasteiger partial charge in [0.2, 0.25) is 5.91 Å². The van der Waals surface area contributed by atoms with Crippen molar-refractivity contribution in [2.75, 3.05) is 13.2 Å². The molecule has 0 aromatic carbocycles. The molecule has 0 heterocycles. The second-order valence-corrected chi connectivity index (χ2v) is 22.1. The first-order chi connectivity index (χ1) is 34.5. The van der Waals surface area contributed by atoms with E-state index in [9.17, 15) is 19.8 Å². The summed E-state index contributed by atoms with van der Waals surface area (Å²) in [6, 6.07) is -0.633. The van der Waals surface area contributed by atoms with Crippen LogP contribution in [0.15, 0.2) is 12.2 Å². The number of hydrogen-bond acceptors (Lipinski definition) is 5. The predicted octanol–water partition coefficient (Wildman–Crippen LogP) is 20.0. The molecule has 0 fully saturated rings. The van der Waals surface area contributed by atoms with E-state index >= 15 is 0 Å². The highest BCUT2D eigenvalue weighted by molar-refractivity contribution is 5.76. The number of aliphatic hydroxyl groups excluding tert-OH is 2. The van der Waals surface area contributed by atoms with Gasteiger partial charge in [-0.1, -0.05) is 328 Å². The molecule has 2 atom stereocenters. The van der Waals surface area contributed by atoms with Crippen molar-refractivity contribution in [2.24, 2.45) is 0 Å². The monoisotopic (exact) mass is 988 g/mol. The molecule has 0 bridgehead atoms. The molecule has 0 aliphatic heterocycles. The van der Waals surface area contributed by atoms with E-state index in [2.05, 4.69) is 19.2 Å². The Kier molecular flexibility index (Phi) is 59.0. The van der Waals surface area contributed by atoms with Crippen molar-refractivity contribution in [1.82, 2.24) is 5.32 Å². The highest BCUT2D eigenvalue weighted by atomic mass is 16.5. The van der Waals surface area contributed by atoms with Crippen LogP contribution in [-0.4, -0.2) is 47.4 Å². The minimum atomic E-state index is -0.849. The fraction of sp³-hybridized carbons (Fsp3) is 0.938. The molecule has 0 aromatic heterocycles. The predicted molar refractivity (Wildman–Crippen MR) is 306 cm³/mol. The van der Waals surface area contributed by atoms with E-state index in [1.807, 2.05) is 6.08 Å². The zero-order valence-corrected chi connectivity index (χ0v) is 47.5. The highest BCUT2D eigenvalue weighted by Crippen LogP contribution is 2.18. The number of nitrogens with one attached hydrogen (secondary N) is 1. The third-order valence-corrected chi connectivity index (χ3v) is 15.1. The summed E-state index contributed by atoms with van der Waals surface area (Å²) in [5, 5.41) is 23.2. The van der Waals surface area contributed by atoms with Crippen molar-refractivity contribution in [3.63, 3.8) is 0 Å². The Morgan fingerprint density at radius 1 is 0.386 bits per heavy atom. The van der Waals surface area contributed by atoms with Crippen LogP contribution in [0.4, 0.5) is 0 Å². The van der Waals surface area contributed by atoms with Gasteiger partial charge >= 0.3 is 5.97 Å². The van der Waals surface area contributed by atoms with Crippen molar-refractivity contribution in [3.05, 3.63) is 12.2 Å². The van der Waals surface area contributed by atoms with Crippen LogP contribution in [0.5, 0.6) is 0 Å². The first kappa shape index (κ1) is 68.6. The van der Waals surface area contributed by atoms with Crippen molar-refractivity contribution in [2.45, 2.75) is 373 Å². The topological polar surface area (TPSA) is 95.9 Å². The maximum absolute atomic E-state index is 12.5. The van der Waals surface area contributed by atoms with Crippen molar-refractivity contribution in [1.29, 1.82) is 0 Å². The maximum Gasteiger partial charge on any atom is 0.305 e. The van der Waals surface area contributed by atoms with E-state index < -0.39 is 12.1 Å². The van der Waals surface area contributed by atoms with Gasteiger partial charge in [-0.15, -0.1) is 0 Å². The minimum absolute atomic E-state index is 0.00754. The summed E-state index contributed by atoms with van der Waals surface area (Å²) in [7, 11) is 0. The Labute approximate surface area is 438 Å². The molecule has 0 spiro atoms. The molecule has 2 unspecified atom stereocenters. The zero-order valence-electron chi connectivity index (χ0n) is 47.5. The van der Waals surface area contributed by atoms with Gasteiger partial charge in [0, 0.05) is 12.8 Å². The van der Waals surface area contributed by atoms with Crippen LogP contribution in [0, 0.1) is 0 Å². The van der Waals surface area contributed by atoms with Gasteiger partial charge in [0.1, 0.15) is 0 Å². The maximum atomic E-state index is 12.5. The fourth-order valence-corrected chi connectivity index (χ4v) is 10.2. The average molecular weight is 989 g/mol. The number of rotatable bonds is 60. The standard InChI is InChI=1S/C64H125NO5/c1-3-5-7-9-11-13-15-17-19-21-23-24-28-32-36-40-44-48-52-56-62(67)61(60-66)65-63(68)57-53-49-45-41-37-33-29-26-27-31-35-39-43-47-51-55-59-70-64(69)58-54-50-46-42-38-34-30-25-22-20-18-16-14-12-10-8-6-4-2/h52,56,61-62,66-67H,3-51,53-55,57-60H2,1-2H3,(H,65,68)/b56-52+. The van der Waals surface area contributed by atoms with Crippen LogP contribution < -0.4 is 5.32 Å². The summed E-state index contributed by atoms with van der Waals surface area (Å²) in [4.78, 5) is 24.6. The van der Waals surface area contributed by atoms with E-state index in [4.69, 9.17) is 4.74 Å². The molecule has 6 nitrogen and oxygen atoms in total. The molecule has 70 heavy (non-hydrogen) atoms. The van der Waals surface area contributed by atoms with Crippen LogP contribution in [0.1, 0.15) is 361 Å². The van der Waals surface area contributed by atoms with Gasteiger partial charge in [-0.2, -0.15) is 0 Å². The molecular formula is C64H125NO5.